The van der Waals surface area contributed by atoms with Gasteiger partial charge in [-0.15, -0.1) is 0 Å². The number of anilines is 1. The highest BCUT2D eigenvalue weighted by Crippen LogP contribution is 2.44. The monoisotopic (exact) mass is 386 g/mol. The summed E-state index contributed by atoms with van der Waals surface area (Å²) in [6.07, 6.45) is 5.17. The van der Waals surface area contributed by atoms with Crippen LogP contribution in [0.15, 0.2) is 30.3 Å². The first-order valence-corrected chi connectivity index (χ1v) is 10.7. The average Bonchev–Trinajstić information content (AvgIpc) is 3.17. The van der Waals surface area contributed by atoms with Gasteiger partial charge in [-0.2, -0.15) is 0 Å². The zero-order valence-electron chi connectivity index (χ0n) is 17.1. The van der Waals surface area contributed by atoms with Crippen LogP contribution in [0, 0.1) is 6.92 Å². The minimum Gasteiger partial charge on any atom is -0.377 e. The number of rotatable bonds is 1. The molecule has 2 aliphatic heterocycles. The number of amides is 1. The van der Waals surface area contributed by atoms with Crippen LogP contribution in [-0.2, 0) is 26.3 Å². The summed E-state index contributed by atoms with van der Waals surface area (Å²) < 4.78 is 2.11. The standard InChI is InChI=1S/C24H26N4O/c1-15-25-22-20(27(15)2)12-19(23(29)28-10-5-11-28)18-8-9-24(26-21(18)22)13-16-6-3-4-7-17(16)14-24/h3-4,6-7,12,26H,5,8-11,13-14H2,1-2H3. The smallest absolute Gasteiger partial charge is 0.254 e. The lowest BCUT2D eigenvalue weighted by Gasteiger charge is -2.39. The molecule has 2 aromatic carbocycles. The van der Waals surface area contributed by atoms with Gasteiger partial charge in [0, 0.05) is 31.2 Å². The molecule has 1 spiro atoms. The van der Waals surface area contributed by atoms with E-state index in [1.165, 1.54) is 11.1 Å². The van der Waals surface area contributed by atoms with Crippen molar-refractivity contribution < 1.29 is 4.79 Å². The molecule has 3 aliphatic rings. The van der Waals surface area contributed by atoms with Crippen molar-refractivity contribution in [2.45, 2.75) is 44.6 Å². The van der Waals surface area contributed by atoms with Gasteiger partial charge >= 0.3 is 0 Å². The van der Waals surface area contributed by atoms with Gasteiger partial charge in [0.15, 0.2) is 0 Å². The van der Waals surface area contributed by atoms with Crippen molar-refractivity contribution in [2.75, 3.05) is 18.4 Å². The van der Waals surface area contributed by atoms with E-state index in [0.29, 0.717) is 0 Å². The van der Waals surface area contributed by atoms with Crippen molar-refractivity contribution in [3.05, 3.63) is 58.4 Å². The van der Waals surface area contributed by atoms with Gasteiger partial charge in [0.25, 0.3) is 5.91 Å². The number of likely N-dealkylation sites (tertiary alicyclic amines) is 1. The molecule has 0 bridgehead atoms. The molecule has 1 N–H and O–H groups in total. The fourth-order valence-corrected chi connectivity index (χ4v) is 5.40. The van der Waals surface area contributed by atoms with Gasteiger partial charge in [0.1, 0.15) is 11.3 Å². The molecule has 0 atom stereocenters. The van der Waals surface area contributed by atoms with Crippen molar-refractivity contribution in [1.29, 1.82) is 0 Å². The van der Waals surface area contributed by atoms with E-state index in [2.05, 4.69) is 40.2 Å². The summed E-state index contributed by atoms with van der Waals surface area (Å²) in [7, 11) is 2.04. The van der Waals surface area contributed by atoms with E-state index < -0.39 is 0 Å². The first kappa shape index (κ1) is 17.1. The summed E-state index contributed by atoms with van der Waals surface area (Å²) in [5.74, 6) is 1.16. The Morgan fingerprint density at radius 3 is 2.55 bits per heavy atom. The third-order valence-corrected chi connectivity index (χ3v) is 7.30. The summed E-state index contributed by atoms with van der Waals surface area (Å²) in [5, 5.41) is 3.93. The Balaban J connectivity index is 1.50. The molecule has 0 saturated carbocycles. The lowest BCUT2D eigenvalue weighted by molar-refractivity contribution is 0.0650. The van der Waals surface area contributed by atoms with Crippen LogP contribution in [0.3, 0.4) is 0 Å². The molecule has 1 aliphatic carbocycles. The second kappa shape index (κ2) is 5.85. The van der Waals surface area contributed by atoms with Gasteiger partial charge in [-0.3, -0.25) is 4.79 Å². The van der Waals surface area contributed by atoms with Gasteiger partial charge in [-0.1, -0.05) is 24.3 Å². The van der Waals surface area contributed by atoms with Crippen LogP contribution >= 0.6 is 0 Å². The first-order chi connectivity index (χ1) is 14.0. The molecule has 1 fully saturated rings. The topological polar surface area (TPSA) is 50.2 Å². The summed E-state index contributed by atoms with van der Waals surface area (Å²) in [4.78, 5) is 20.1. The number of hydrogen-bond acceptors (Lipinski definition) is 3. The highest BCUT2D eigenvalue weighted by Gasteiger charge is 2.41. The third kappa shape index (κ3) is 2.39. The normalized spacial score (nSPS) is 19.0. The van der Waals surface area contributed by atoms with Crippen LogP contribution in [0.5, 0.6) is 0 Å². The molecule has 29 heavy (non-hydrogen) atoms. The van der Waals surface area contributed by atoms with E-state index in [-0.39, 0.29) is 11.4 Å². The number of benzene rings is 2. The summed E-state index contributed by atoms with van der Waals surface area (Å²) in [6.45, 7) is 3.79. The number of aryl methyl sites for hydroxylation is 2. The number of carbonyl (C=O) groups is 1. The van der Waals surface area contributed by atoms with Crippen molar-refractivity contribution in [3.63, 3.8) is 0 Å². The number of imidazole rings is 1. The van der Waals surface area contributed by atoms with E-state index >= 15 is 0 Å². The maximum absolute atomic E-state index is 13.2. The van der Waals surface area contributed by atoms with Crippen molar-refractivity contribution in [1.82, 2.24) is 14.5 Å². The van der Waals surface area contributed by atoms with E-state index in [1.807, 2.05) is 18.9 Å². The Hall–Kier alpha value is -2.82. The third-order valence-electron chi connectivity index (χ3n) is 7.30. The lowest BCUT2D eigenvalue weighted by atomic mass is 9.81. The summed E-state index contributed by atoms with van der Waals surface area (Å²) in [5.41, 5.74) is 8.11. The van der Waals surface area contributed by atoms with Crippen LogP contribution in [0.4, 0.5) is 5.69 Å². The van der Waals surface area contributed by atoms with Crippen molar-refractivity contribution >= 4 is 22.6 Å². The number of fused-ring (bicyclic) bond motifs is 4. The fourth-order valence-electron chi connectivity index (χ4n) is 5.40. The van der Waals surface area contributed by atoms with Crippen LogP contribution in [0.2, 0.25) is 0 Å². The SMILES string of the molecule is Cc1nc2c3c(c(C(=O)N4CCC4)cc2n1C)CCC1(Cc2ccccc2C1)N3. The molecule has 5 nitrogen and oxygen atoms in total. The minimum atomic E-state index is 0.0352. The van der Waals surface area contributed by atoms with Gasteiger partial charge in [0.05, 0.1) is 11.2 Å². The molecule has 3 aromatic rings. The Labute approximate surface area is 170 Å². The minimum absolute atomic E-state index is 0.0352. The molecule has 1 aromatic heterocycles. The first-order valence-electron chi connectivity index (χ1n) is 10.7. The fraction of sp³-hybridized carbons (Fsp3) is 0.417. The maximum atomic E-state index is 13.2. The average molecular weight is 386 g/mol. The molecular weight excluding hydrogens is 360 g/mol. The number of nitrogens with one attached hydrogen (secondary N) is 1. The van der Waals surface area contributed by atoms with E-state index in [0.717, 1.165) is 78.9 Å². The molecule has 1 amide bonds. The van der Waals surface area contributed by atoms with E-state index in [4.69, 9.17) is 4.98 Å². The Morgan fingerprint density at radius 2 is 1.90 bits per heavy atom. The summed E-state index contributed by atoms with van der Waals surface area (Å²) in [6, 6.07) is 10.9. The largest absolute Gasteiger partial charge is 0.377 e. The molecular formula is C24H26N4O. The van der Waals surface area contributed by atoms with E-state index in [9.17, 15) is 4.79 Å². The van der Waals surface area contributed by atoms with Crippen molar-refractivity contribution in [3.8, 4) is 0 Å². The quantitative estimate of drug-likeness (QED) is 0.695. The maximum Gasteiger partial charge on any atom is 0.254 e. The van der Waals surface area contributed by atoms with E-state index in [1.54, 1.807) is 0 Å². The van der Waals surface area contributed by atoms with Crippen LogP contribution < -0.4 is 5.32 Å². The highest BCUT2D eigenvalue weighted by atomic mass is 16.2. The Morgan fingerprint density at radius 1 is 1.17 bits per heavy atom. The van der Waals surface area contributed by atoms with Crippen LogP contribution in [0.25, 0.3) is 11.0 Å². The van der Waals surface area contributed by atoms with Crippen LogP contribution in [0.1, 0.15) is 45.7 Å². The van der Waals surface area contributed by atoms with Gasteiger partial charge in [-0.05, 0) is 61.8 Å². The lowest BCUT2D eigenvalue weighted by Crippen LogP contribution is -2.45. The molecule has 148 valence electrons. The number of nitrogens with zero attached hydrogens (tertiary/aromatic N) is 3. The molecule has 1 saturated heterocycles. The predicted molar refractivity (Wildman–Crippen MR) is 114 cm³/mol. The molecule has 3 heterocycles. The molecule has 5 heteroatoms. The molecule has 6 rings (SSSR count). The Bertz CT molecular complexity index is 1150. The van der Waals surface area contributed by atoms with Crippen LogP contribution in [-0.4, -0.2) is 39.0 Å². The number of hydrogen-bond donors (Lipinski definition) is 1. The molecule has 0 radical (unpaired) electrons. The van der Waals surface area contributed by atoms with Gasteiger partial charge in [0.2, 0.25) is 0 Å². The predicted octanol–water partition coefficient (Wildman–Crippen LogP) is 3.62. The van der Waals surface area contributed by atoms with Gasteiger partial charge in [-0.25, -0.2) is 4.98 Å². The van der Waals surface area contributed by atoms with Gasteiger partial charge < -0.3 is 14.8 Å². The van der Waals surface area contributed by atoms with Crippen molar-refractivity contribution in [2.24, 2.45) is 7.05 Å². The number of carbonyl (C=O) groups excluding carboxylic acids is 1. The zero-order valence-corrected chi connectivity index (χ0v) is 17.1. The zero-order chi connectivity index (χ0) is 19.8. The number of aromatic nitrogens is 2. The second-order valence-electron chi connectivity index (χ2n) is 9.04. The second-order valence-corrected chi connectivity index (χ2v) is 9.04. The highest BCUT2D eigenvalue weighted by molar-refractivity contribution is 6.04. The Kier molecular flexibility index (Phi) is 3.44. The molecule has 0 unspecified atom stereocenters. The summed E-state index contributed by atoms with van der Waals surface area (Å²) >= 11 is 0.